The minimum absolute atomic E-state index is 0.00496. The molecule has 0 aromatic heterocycles. The van der Waals surface area contributed by atoms with Crippen LogP contribution in [0.5, 0.6) is 5.75 Å². The van der Waals surface area contributed by atoms with E-state index >= 15 is 0 Å². The molecule has 7 nitrogen and oxygen atoms in total. The van der Waals surface area contributed by atoms with Crippen LogP contribution in [0.15, 0.2) is 36.4 Å². The highest BCUT2D eigenvalue weighted by Gasteiger charge is 2.47. The lowest BCUT2D eigenvalue weighted by atomic mass is 9.85. The quantitative estimate of drug-likeness (QED) is 0.326. The fraction of sp³-hybridized carbons (Fsp3) is 0.400. The van der Waals surface area contributed by atoms with Gasteiger partial charge in [0.05, 0.1) is 17.6 Å². The number of halogens is 2. The summed E-state index contributed by atoms with van der Waals surface area (Å²) in [5, 5.41) is 5.67. The summed E-state index contributed by atoms with van der Waals surface area (Å²) in [6.45, 7) is 7.55. The lowest BCUT2D eigenvalue weighted by Crippen LogP contribution is -2.56. The Kier molecular flexibility index (Phi) is 7.94. The minimum atomic E-state index is -1.01. The van der Waals surface area contributed by atoms with Crippen LogP contribution in [-0.2, 0) is 9.53 Å². The van der Waals surface area contributed by atoms with Gasteiger partial charge in [-0.3, -0.25) is 14.4 Å². The van der Waals surface area contributed by atoms with Gasteiger partial charge in [-0.1, -0.05) is 18.5 Å². The third-order valence-electron chi connectivity index (χ3n) is 5.54. The molecule has 182 valence electrons. The highest BCUT2D eigenvalue weighted by molar-refractivity contribution is 6.31. The van der Waals surface area contributed by atoms with Crippen LogP contribution in [0.3, 0.4) is 0 Å². The number of carbonyl (C=O) groups excluding carboxylic acids is 3. The van der Waals surface area contributed by atoms with Crippen LogP contribution in [0.4, 0.5) is 4.39 Å². The van der Waals surface area contributed by atoms with Crippen molar-refractivity contribution in [2.24, 2.45) is 0 Å². The average Bonchev–Trinajstić information content (AvgIpc) is 2.77. The monoisotopic (exact) mass is 490 g/mol. The van der Waals surface area contributed by atoms with Crippen LogP contribution < -0.4 is 15.4 Å². The zero-order valence-electron chi connectivity index (χ0n) is 19.5. The molecule has 0 unspecified atom stereocenters. The predicted octanol–water partition coefficient (Wildman–Crippen LogP) is 4.24. The highest BCUT2D eigenvalue weighted by atomic mass is 35.5. The second-order valence-electron chi connectivity index (χ2n) is 8.68. The summed E-state index contributed by atoms with van der Waals surface area (Å²) in [5.41, 5.74) is 0.0344. The number of Topliss-reactive ketones (excluding diaryl/α,β-unsaturated/α-hetero) is 1. The third-order valence-corrected chi connectivity index (χ3v) is 5.82. The van der Waals surface area contributed by atoms with Crippen LogP contribution in [0.25, 0.3) is 0 Å². The first-order valence-electron chi connectivity index (χ1n) is 11.0. The van der Waals surface area contributed by atoms with Crippen molar-refractivity contribution in [2.75, 3.05) is 13.1 Å². The van der Waals surface area contributed by atoms with E-state index in [1.54, 1.807) is 32.0 Å². The number of carbonyl (C=O) groups is 3. The highest BCUT2D eigenvalue weighted by Crippen LogP contribution is 2.42. The molecule has 9 heteroatoms. The van der Waals surface area contributed by atoms with Gasteiger partial charge in [-0.2, -0.15) is 0 Å². The Hall–Kier alpha value is -2.97. The van der Waals surface area contributed by atoms with E-state index in [1.165, 1.54) is 19.1 Å². The topological polar surface area (TPSA) is 93.7 Å². The van der Waals surface area contributed by atoms with E-state index in [9.17, 15) is 18.8 Å². The maximum absolute atomic E-state index is 13.6. The maximum atomic E-state index is 13.6. The summed E-state index contributed by atoms with van der Waals surface area (Å²) in [7, 11) is 0. The summed E-state index contributed by atoms with van der Waals surface area (Å²) in [4.78, 5) is 37.7. The largest absolute Gasteiger partial charge is 0.484 e. The minimum Gasteiger partial charge on any atom is -0.484 e. The fourth-order valence-corrected chi connectivity index (χ4v) is 3.97. The van der Waals surface area contributed by atoms with Gasteiger partial charge < -0.3 is 20.1 Å². The smallest absolute Gasteiger partial charge is 0.320 e. The van der Waals surface area contributed by atoms with Crippen molar-refractivity contribution in [1.29, 1.82) is 0 Å². The average molecular weight is 491 g/mol. The Morgan fingerprint density at radius 2 is 1.85 bits per heavy atom. The maximum Gasteiger partial charge on any atom is 0.320 e. The molecule has 1 amide bonds. The van der Waals surface area contributed by atoms with E-state index in [1.807, 2.05) is 6.92 Å². The molecule has 0 fully saturated rings. The number of nitrogens with one attached hydrogen (secondary N) is 2. The fourth-order valence-electron chi connectivity index (χ4n) is 3.79. The number of esters is 1. The molecule has 0 spiro atoms. The van der Waals surface area contributed by atoms with Crippen LogP contribution in [0.2, 0.25) is 5.02 Å². The molecule has 2 atom stereocenters. The van der Waals surface area contributed by atoms with Crippen molar-refractivity contribution in [3.05, 3.63) is 63.9 Å². The molecule has 0 saturated heterocycles. The van der Waals surface area contributed by atoms with Gasteiger partial charge in [0.25, 0.3) is 5.91 Å². The second-order valence-corrected chi connectivity index (χ2v) is 9.09. The van der Waals surface area contributed by atoms with E-state index < -0.39 is 35.4 Å². The Labute approximate surface area is 203 Å². The Morgan fingerprint density at radius 3 is 2.50 bits per heavy atom. The van der Waals surface area contributed by atoms with Crippen LogP contribution in [0, 0.1) is 5.82 Å². The number of rotatable bonds is 8. The van der Waals surface area contributed by atoms with E-state index in [2.05, 4.69) is 10.6 Å². The van der Waals surface area contributed by atoms with E-state index in [0.29, 0.717) is 23.4 Å². The molecule has 0 bridgehead atoms. The van der Waals surface area contributed by atoms with E-state index in [0.717, 1.165) is 12.5 Å². The molecular formula is C25H28ClFN2O5. The van der Waals surface area contributed by atoms with Gasteiger partial charge in [0.1, 0.15) is 17.2 Å². The molecule has 0 radical (unpaired) electrons. The van der Waals surface area contributed by atoms with Gasteiger partial charge in [-0.25, -0.2) is 4.39 Å². The van der Waals surface area contributed by atoms with Crippen LogP contribution in [-0.4, -0.2) is 42.5 Å². The van der Waals surface area contributed by atoms with Gasteiger partial charge in [0.2, 0.25) is 0 Å². The molecule has 1 aliphatic rings. The second kappa shape index (κ2) is 10.5. The molecule has 1 heterocycles. The number of benzene rings is 2. The number of amides is 1. The molecule has 0 saturated carbocycles. The number of hydrogen-bond donors (Lipinski definition) is 2. The zero-order chi connectivity index (χ0) is 25.0. The molecule has 0 aliphatic carbocycles. The van der Waals surface area contributed by atoms with Gasteiger partial charge in [-0.05, 0) is 70.1 Å². The van der Waals surface area contributed by atoms with E-state index in [-0.39, 0.29) is 22.9 Å². The van der Waals surface area contributed by atoms with Crippen LogP contribution >= 0.6 is 11.6 Å². The van der Waals surface area contributed by atoms with Gasteiger partial charge >= 0.3 is 5.97 Å². The first-order valence-corrected chi connectivity index (χ1v) is 11.4. The lowest BCUT2D eigenvalue weighted by molar-refractivity contribution is -0.164. The lowest BCUT2D eigenvalue weighted by Gasteiger charge is -2.44. The van der Waals surface area contributed by atoms with Gasteiger partial charge in [-0.15, -0.1) is 0 Å². The summed E-state index contributed by atoms with van der Waals surface area (Å²) in [5.74, 6) is -1.42. The van der Waals surface area contributed by atoms with E-state index in [4.69, 9.17) is 21.1 Å². The van der Waals surface area contributed by atoms with Crippen molar-refractivity contribution < 1.29 is 28.2 Å². The van der Waals surface area contributed by atoms with Crippen molar-refractivity contribution >= 4 is 29.3 Å². The normalized spacial score (nSPS) is 18.4. The van der Waals surface area contributed by atoms with Crippen molar-refractivity contribution in [2.45, 2.75) is 51.9 Å². The molecule has 2 N–H and O–H groups in total. The molecular weight excluding hydrogens is 463 g/mol. The number of ketones is 1. The summed E-state index contributed by atoms with van der Waals surface area (Å²) >= 11 is 5.85. The van der Waals surface area contributed by atoms with Gasteiger partial charge in [0, 0.05) is 16.7 Å². The SMILES string of the molecule is CCCNCC(=O)O[C@H]1[C@H](NC(=O)c2ccc(F)c(Cl)c2)c2cc(C(C)=O)ccc2OC1(C)C. The number of fused-ring (bicyclic) bond motifs is 1. The van der Waals surface area contributed by atoms with Crippen molar-refractivity contribution in [3.63, 3.8) is 0 Å². The molecule has 2 aromatic rings. The standard InChI is InChI=1S/C25H28ClFN2O5/c1-5-10-28-13-21(31)33-23-22(29-24(32)16-6-8-19(27)18(26)12-16)17-11-15(14(2)30)7-9-20(17)34-25(23,3)4/h6-9,11-12,22-23,28H,5,10,13H2,1-4H3,(H,29,32)/t22-,23+/m1/s1. The van der Waals surface area contributed by atoms with Crippen LogP contribution in [0.1, 0.15) is 66.4 Å². The summed E-state index contributed by atoms with van der Waals surface area (Å²) < 4.78 is 25.5. The summed E-state index contributed by atoms with van der Waals surface area (Å²) in [6, 6.07) is 7.70. The Morgan fingerprint density at radius 1 is 1.15 bits per heavy atom. The Bertz CT molecular complexity index is 1100. The summed E-state index contributed by atoms with van der Waals surface area (Å²) in [6.07, 6.45) is -0.0659. The van der Waals surface area contributed by atoms with Gasteiger partial charge in [0.15, 0.2) is 11.9 Å². The Balaban J connectivity index is 2.00. The molecule has 34 heavy (non-hydrogen) atoms. The zero-order valence-corrected chi connectivity index (χ0v) is 20.3. The predicted molar refractivity (Wildman–Crippen MR) is 126 cm³/mol. The van der Waals surface area contributed by atoms with Crippen molar-refractivity contribution in [1.82, 2.24) is 10.6 Å². The molecule has 1 aliphatic heterocycles. The number of ether oxygens (including phenoxy) is 2. The first-order chi connectivity index (χ1) is 16.0. The molecule has 3 rings (SSSR count). The number of hydrogen-bond acceptors (Lipinski definition) is 6. The first kappa shape index (κ1) is 25.6. The molecule has 2 aromatic carbocycles. The van der Waals surface area contributed by atoms with Crippen molar-refractivity contribution in [3.8, 4) is 5.75 Å². The third kappa shape index (κ3) is 5.74.